The number of benzene rings is 6. The van der Waals surface area contributed by atoms with E-state index in [2.05, 4.69) is 218 Å². The molecule has 1 heteroatoms. The highest BCUT2D eigenvalue weighted by Crippen LogP contribution is 2.67. The van der Waals surface area contributed by atoms with E-state index < -0.39 is 5.41 Å². The molecule has 0 saturated carbocycles. The van der Waals surface area contributed by atoms with E-state index >= 15 is 0 Å². The Hall–Kier alpha value is -7.32. The molecule has 5 aliphatic carbocycles. The van der Waals surface area contributed by atoms with E-state index in [-0.39, 0.29) is 11.8 Å². The molecule has 0 amide bonds. The Kier molecular flexibility index (Phi) is 8.65. The number of nitrogens with zero attached hydrogens (tertiary/aromatic N) is 1. The van der Waals surface area contributed by atoms with Crippen molar-refractivity contribution in [2.45, 2.75) is 38.0 Å². The predicted molar refractivity (Wildman–Crippen MR) is 250 cm³/mol. The molecular formula is C59H43N. The fourth-order valence-electron chi connectivity index (χ4n) is 10.6. The van der Waals surface area contributed by atoms with Gasteiger partial charge in [-0.3, -0.25) is 0 Å². The van der Waals surface area contributed by atoms with Crippen molar-refractivity contribution < 1.29 is 0 Å². The lowest BCUT2D eigenvalue weighted by atomic mass is 9.60. The quantitative estimate of drug-likeness (QED) is 0.153. The third kappa shape index (κ3) is 5.66. The first-order chi connectivity index (χ1) is 29.6. The highest BCUT2D eigenvalue weighted by molar-refractivity contribution is 5.95. The topological polar surface area (TPSA) is 3.24 Å². The zero-order valence-corrected chi connectivity index (χ0v) is 33.9. The molecule has 1 nitrogen and oxygen atoms in total. The van der Waals surface area contributed by atoms with Crippen LogP contribution in [0.2, 0.25) is 0 Å². The Morgan fingerprint density at radius 3 is 1.57 bits per heavy atom. The molecule has 0 fully saturated rings. The van der Waals surface area contributed by atoms with Crippen LogP contribution in [0.25, 0.3) is 27.8 Å². The van der Waals surface area contributed by atoms with Gasteiger partial charge in [-0.15, -0.1) is 0 Å². The maximum absolute atomic E-state index is 3.55. The first kappa shape index (κ1) is 35.8. The number of anilines is 3. The van der Waals surface area contributed by atoms with Crippen LogP contribution in [0.5, 0.6) is 0 Å². The van der Waals surface area contributed by atoms with Gasteiger partial charge in [0.25, 0.3) is 0 Å². The normalized spacial score (nSPS) is 18.8. The second-order valence-corrected chi connectivity index (χ2v) is 16.5. The summed E-state index contributed by atoms with van der Waals surface area (Å²) >= 11 is 0. The third-order valence-corrected chi connectivity index (χ3v) is 13.2. The van der Waals surface area contributed by atoms with Crippen LogP contribution in [0.15, 0.2) is 216 Å². The SMILES string of the molecule is Cc1ccc2c(c1)C1(C3=C(C=CC#CC3)C3=C1CC#CC=C3)C1=C2C=CC(C)C1c1ccc(N(c2ccc(-c3ccccc3)cc2)c2ccc(-c3ccccc3)cc2)cc1. The molecule has 60 heavy (non-hydrogen) atoms. The van der Waals surface area contributed by atoms with Gasteiger partial charge in [0.15, 0.2) is 0 Å². The molecular weight excluding hydrogens is 723 g/mol. The van der Waals surface area contributed by atoms with Gasteiger partial charge < -0.3 is 4.90 Å². The van der Waals surface area contributed by atoms with Gasteiger partial charge in [0, 0.05) is 35.8 Å². The van der Waals surface area contributed by atoms with Crippen molar-refractivity contribution in [3.63, 3.8) is 0 Å². The summed E-state index contributed by atoms with van der Waals surface area (Å²) in [6.45, 7) is 4.63. The summed E-state index contributed by atoms with van der Waals surface area (Å²) in [5.41, 5.74) is 21.4. The van der Waals surface area contributed by atoms with E-state index in [9.17, 15) is 0 Å². The minimum absolute atomic E-state index is 0.150. The number of rotatable bonds is 6. The number of hydrogen-bond donors (Lipinski definition) is 0. The van der Waals surface area contributed by atoms with Crippen LogP contribution in [0, 0.1) is 36.5 Å². The highest BCUT2D eigenvalue weighted by atomic mass is 15.1. The highest BCUT2D eigenvalue weighted by Gasteiger charge is 2.57. The van der Waals surface area contributed by atoms with E-state index in [4.69, 9.17) is 0 Å². The molecule has 0 aliphatic heterocycles. The van der Waals surface area contributed by atoms with Crippen LogP contribution in [-0.4, -0.2) is 0 Å². The lowest BCUT2D eigenvalue weighted by Gasteiger charge is -2.42. The van der Waals surface area contributed by atoms with Gasteiger partial charge in [-0.05, 0) is 146 Å². The Morgan fingerprint density at radius 1 is 0.533 bits per heavy atom. The van der Waals surface area contributed by atoms with Crippen molar-refractivity contribution in [2.24, 2.45) is 5.92 Å². The van der Waals surface area contributed by atoms with E-state index in [0.717, 1.165) is 29.9 Å². The molecule has 284 valence electrons. The van der Waals surface area contributed by atoms with Crippen molar-refractivity contribution >= 4 is 22.6 Å². The van der Waals surface area contributed by atoms with Gasteiger partial charge in [0.1, 0.15) is 0 Å². The van der Waals surface area contributed by atoms with E-state index in [0.29, 0.717) is 0 Å². The summed E-state index contributed by atoms with van der Waals surface area (Å²) in [6.07, 6.45) is 14.9. The molecule has 11 rings (SSSR count). The zero-order chi connectivity index (χ0) is 40.2. The molecule has 2 atom stereocenters. The van der Waals surface area contributed by atoms with Gasteiger partial charge >= 0.3 is 0 Å². The molecule has 1 spiro atoms. The number of fused-ring (bicyclic) bond motifs is 7. The minimum atomic E-state index is -0.413. The number of allylic oxidation sites excluding steroid dienone is 12. The second kappa shape index (κ2) is 14.5. The Balaban J connectivity index is 1.05. The summed E-state index contributed by atoms with van der Waals surface area (Å²) in [5.74, 6) is 14.2. The molecule has 0 aromatic heterocycles. The van der Waals surface area contributed by atoms with E-state index in [1.54, 1.807) is 0 Å². The average molecular weight is 766 g/mol. The lowest BCUT2D eigenvalue weighted by molar-refractivity contribution is 0.535. The minimum Gasteiger partial charge on any atom is -0.311 e. The smallest absolute Gasteiger partial charge is 0.0639 e. The van der Waals surface area contributed by atoms with Crippen LogP contribution in [0.1, 0.15) is 47.9 Å². The van der Waals surface area contributed by atoms with Crippen LogP contribution < -0.4 is 4.90 Å². The molecule has 0 heterocycles. The first-order valence-electron chi connectivity index (χ1n) is 21.1. The summed E-state index contributed by atoms with van der Waals surface area (Å²) in [6, 6.07) is 55.7. The van der Waals surface area contributed by atoms with Crippen molar-refractivity contribution in [3.05, 3.63) is 238 Å². The van der Waals surface area contributed by atoms with Gasteiger partial charge in [0.2, 0.25) is 0 Å². The number of aryl methyl sites for hydroxylation is 1. The summed E-state index contributed by atoms with van der Waals surface area (Å²) in [4.78, 5) is 2.39. The maximum Gasteiger partial charge on any atom is 0.0639 e. The molecule has 0 radical (unpaired) electrons. The largest absolute Gasteiger partial charge is 0.311 e. The molecule has 0 bridgehead atoms. The Morgan fingerprint density at radius 2 is 1.03 bits per heavy atom. The molecule has 6 aromatic rings. The number of hydrogen-bond acceptors (Lipinski definition) is 1. The molecule has 0 saturated heterocycles. The fraction of sp³-hybridized carbons (Fsp3) is 0.119. The van der Waals surface area contributed by atoms with Gasteiger partial charge in [-0.1, -0.05) is 164 Å². The maximum atomic E-state index is 3.55. The summed E-state index contributed by atoms with van der Waals surface area (Å²) < 4.78 is 0. The van der Waals surface area contributed by atoms with E-state index in [1.165, 1.54) is 77.9 Å². The van der Waals surface area contributed by atoms with Crippen molar-refractivity contribution in [1.82, 2.24) is 0 Å². The van der Waals surface area contributed by atoms with E-state index in [1.807, 2.05) is 12.2 Å². The lowest BCUT2D eigenvalue weighted by Crippen LogP contribution is -2.35. The van der Waals surface area contributed by atoms with Gasteiger partial charge in [-0.2, -0.15) is 0 Å². The van der Waals surface area contributed by atoms with Crippen LogP contribution in [0.4, 0.5) is 17.1 Å². The van der Waals surface area contributed by atoms with Gasteiger partial charge in [0.05, 0.1) is 5.41 Å². The molecule has 6 aromatic carbocycles. The average Bonchev–Trinajstić information content (AvgIpc) is 3.46. The standard InChI is InChI=1S/C59H43N/c1-40-23-37-52-53-38-24-41(2)57(58(53)59(56(52)39-40)54-21-13-5-11-19-50(54)51-20-12-6-14-22-55(51)59)46-29-35-49(36-30-46)60(47-31-25-44(26-32-47)42-15-7-3-8-16-42)48-33-27-45(28-34-48)43-17-9-4-10-18-43/h3-4,7-12,15-20,23-39,41,57H,21-22H2,1-2H3. The second-order valence-electron chi connectivity index (χ2n) is 16.5. The summed E-state index contributed by atoms with van der Waals surface area (Å²) in [5, 5.41) is 0. The Labute approximate surface area is 354 Å². The van der Waals surface area contributed by atoms with Crippen molar-refractivity contribution in [1.29, 1.82) is 0 Å². The van der Waals surface area contributed by atoms with Crippen LogP contribution >= 0.6 is 0 Å². The molecule has 2 unspecified atom stereocenters. The Bertz CT molecular complexity index is 2880. The molecule has 5 aliphatic rings. The third-order valence-electron chi connectivity index (χ3n) is 13.2. The van der Waals surface area contributed by atoms with Gasteiger partial charge in [-0.25, -0.2) is 0 Å². The van der Waals surface area contributed by atoms with Crippen molar-refractivity contribution in [2.75, 3.05) is 4.90 Å². The predicted octanol–water partition coefficient (Wildman–Crippen LogP) is 14.3. The van der Waals surface area contributed by atoms with Crippen LogP contribution in [-0.2, 0) is 5.41 Å². The zero-order valence-electron chi connectivity index (χ0n) is 33.9. The molecule has 0 N–H and O–H groups in total. The monoisotopic (exact) mass is 765 g/mol. The summed E-state index contributed by atoms with van der Waals surface area (Å²) in [7, 11) is 0. The van der Waals surface area contributed by atoms with Crippen LogP contribution in [0.3, 0.4) is 0 Å². The van der Waals surface area contributed by atoms with Crippen molar-refractivity contribution in [3.8, 4) is 45.9 Å². The first-order valence-corrected chi connectivity index (χ1v) is 21.1. The fourth-order valence-corrected chi connectivity index (χ4v) is 10.6.